The predicted molar refractivity (Wildman–Crippen MR) is 154 cm³/mol. The number of carbonyl (C=O) groups excluding carboxylic acids is 1. The van der Waals surface area contributed by atoms with Crippen LogP contribution in [0.15, 0.2) is 51.8 Å². The highest BCUT2D eigenvalue weighted by Gasteiger charge is 2.29. The molecule has 38 heavy (non-hydrogen) atoms. The molecule has 3 aromatic rings. The summed E-state index contributed by atoms with van der Waals surface area (Å²) in [6.45, 7) is 7.88. The highest BCUT2D eigenvalue weighted by molar-refractivity contribution is 9.10. The van der Waals surface area contributed by atoms with Crippen LogP contribution < -0.4 is 4.90 Å². The summed E-state index contributed by atoms with van der Waals surface area (Å²) in [5.41, 5.74) is 1.29. The predicted octanol–water partition coefficient (Wildman–Crippen LogP) is 4.85. The number of morpholine rings is 1. The number of benzene rings is 2. The maximum Gasteiger partial charge on any atom is 0.260 e. The largest absolute Gasteiger partial charge is 0.379 e. The van der Waals surface area contributed by atoms with Crippen LogP contribution in [0.25, 0.3) is 10.2 Å². The van der Waals surface area contributed by atoms with Crippen LogP contribution >= 0.6 is 27.3 Å². The normalized spacial score (nSPS) is 18.2. The number of rotatable bonds is 8. The fourth-order valence-corrected chi connectivity index (χ4v) is 7.87. The van der Waals surface area contributed by atoms with Crippen molar-refractivity contribution >= 4 is 58.5 Å². The second kappa shape index (κ2) is 12.1. The minimum Gasteiger partial charge on any atom is -0.379 e. The summed E-state index contributed by atoms with van der Waals surface area (Å²) < 4.78 is 35.3. The van der Waals surface area contributed by atoms with Crippen molar-refractivity contribution in [3.8, 4) is 0 Å². The number of amides is 1. The molecule has 2 fully saturated rings. The zero-order chi connectivity index (χ0) is 26.7. The van der Waals surface area contributed by atoms with E-state index in [1.54, 1.807) is 33.5 Å². The van der Waals surface area contributed by atoms with Crippen LogP contribution in [-0.4, -0.2) is 81.0 Å². The monoisotopic (exact) mass is 620 g/mol. The van der Waals surface area contributed by atoms with E-state index in [1.165, 1.54) is 11.3 Å². The average molecular weight is 622 g/mol. The Labute approximate surface area is 236 Å². The highest BCUT2D eigenvalue weighted by atomic mass is 79.9. The van der Waals surface area contributed by atoms with Crippen LogP contribution in [0.2, 0.25) is 0 Å². The summed E-state index contributed by atoms with van der Waals surface area (Å²) in [5.74, 6) is 0.361. The number of hydrogen-bond acceptors (Lipinski definition) is 7. The number of fused-ring (bicyclic) bond motifs is 1. The van der Waals surface area contributed by atoms with Crippen molar-refractivity contribution in [2.24, 2.45) is 5.92 Å². The molecule has 1 amide bonds. The number of halogens is 1. The number of ether oxygens (including phenoxy) is 1. The summed E-state index contributed by atoms with van der Waals surface area (Å²) in [7, 11) is -3.57. The Hall–Kier alpha value is -1.89. The van der Waals surface area contributed by atoms with Gasteiger partial charge in [-0.15, -0.1) is 0 Å². The summed E-state index contributed by atoms with van der Waals surface area (Å²) in [6, 6.07) is 12.3. The van der Waals surface area contributed by atoms with Crippen LogP contribution in [0.5, 0.6) is 0 Å². The molecular weight excluding hydrogens is 588 g/mol. The van der Waals surface area contributed by atoms with Crippen LogP contribution in [0.4, 0.5) is 5.13 Å². The number of hydrogen-bond donors (Lipinski definition) is 0. The molecule has 11 heteroatoms. The van der Waals surface area contributed by atoms with Gasteiger partial charge in [0.15, 0.2) is 5.13 Å². The Balaban J connectivity index is 1.36. The van der Waals surface area contributed by atoms with Gasteiger partial charge in [-0.05, 0) is 67.6 Å². The fourth-order valence-electron chi connectivity index (χ4n) is 4.86. The van der Waals surface area contributed by atoms with Crippen molar-refractivity contribution in [1.29, 1.82) is 0 Å². The van der Waals surface area contributed by atoms with Crippen molar-refractivity contribution in [2.75, 3.05) is 57.4 Å². The molecule has 0 radical (unpaired) electrons. The Morgan fingerprint density at radius 3 is 2.53 bits per heavy atom. The summed E-state index contributed by atoms with van der Waals surface area (Å²) in [5, 5.41) is 0.643. The van der Waals surface area contributed by atoms with Gasteiger partial charge >= 0.3 is 0 Å². The first-order valence-corrected chi connectivity index (χ1v) is 16.1. The summed E-state index contributed by atoms with van der Waals surface area (Å²) in [4.78, 5) is 22.8. The second-order valence-corrected chi connectivity index (χ2v) is 13.8. The van der Waals surface area contributed by atoms with E-state index < -0.39 is 10.0 Å². The van der Waals surface area contributed by atoms with Crippen molar-refractivity contribution in [2.45, 2.75) is 31.1 Å². The van der Waals surface area contributed by atoms with Crippen LogP contribution in [-0.2, 0) is 14.8 Å². The Morgan fingerprint density at radius 1 is 1.11 bits per heavy atom. The number of thiazole rings is 1. The number of piperidine rings is 1. The molecule has 8 nitrogen and oxygen atoms in total. The zero-order valence-electron chi connectivity index (χ0n) is 21.5. The molecule has 0 aliphatic carbocycles. The van der Waals surface area contributed by atoms with Crippen molar-refractivity contribution in [3.63, 3.8) is 0 Å². The lowest BCUT2D eigenvalue weighted by Crippen LogP contribution is -2.39. The average Bonchev–Trinajstić information content (AvgIpc) is 3.34. The standard InChI is InChI=1S/C27H33BrN4O4S2/c1-20-9-13-31(14-10-20)38(34,35)23-6-3-21(4-7-23)26(33)32(12-2-11-30-15-17-36-18-16-30)27-29-24-8-5-22(28)19-25(24)37-27/h3-8,19-20H,2,9-18H2,1H3. The highest BCUT2D eigenvalue weighted by Crippen LogP contribution is 2.32. The van der Waals surface area contributed by atoms with E-state index in [0.29, 0.717) is 36.2 Å². The van der Waals surface area contributed by atoms with Crippen LogP contribution in [0, 0.1) is 5.92 Å². The molecule has 1 aromatic heterocycles. The molecule has 0 N–H and O–H groups in total. The molecule has 0 bridgehead atoms. The quantitative estimate of drug-likeness (QED) is 0.358. The maximum atomic E-state index is 13.8. The molecule has 2 aliphatic rings. The van der Waals surface area contributed by atoms with E-state index in [0.717, 1.165) is 66.8 Å². The van der Waals surface area contributed by atoms with Crippen LogP contribution in [0.3, 0.4) is 0 Å². The van der Waals surface area contributed by atoms with Gasteiger partial charge in [0.1, 0.15) is 0 Å². The number of anilines is 1. The maximum absolute atomic E-state index is 13.8. The van der Waals surface area contributed by atoms with E-state index >= 15 is 0 Å². The van der Waals surface area contributed by atoms with Gasteiger partial charge in [-0.2, -0.15) is 4.31 Å². The van der Waals surface area contributed by atoms with Gasteiger partial charge in [-0.25, -0.2) is 13.4 Å². The van der Waals surface area contributed by atoms with Gasteiger partial charge in [-0.1, -0.05) is 34.2 Å². The second-order valence-electron chi connectivity index (χ2n) is 9.98. The molecule has 0 spiro atoms. The van der Waals surface area contributed by atoms with Gasteiger partial charge in [0.2, 0.25) is 10.0 Å². The lowest BCUT2D eigenvalue weighted by Gasteiger charge is -2.29. The van der Waals surface area contributed by atoms with Crippen molar-refractivity contribution < 1.29 is 17.9 Å². The molecule has 2 aliphatic heterocycles. The lowest BCUT2D eigenvalue weighted by atomic mass is 10.0. The minimum atomic E-state index is -3.57. The zero-order valence-corrected chi connectivity index (χ0v) is 24.7. The summed E-state index contributed by atoms with van der Waals surface area (Å²) >= 11 is 5.00. The molecule has 0 atom stereocenters. The topological polar surface area (TPSA) is 83.1 Å². The molecule has 5 rings (SSSR count). The number of aromatic nitrogens is 1. The molecule has 2 saturated heterocycles. The van der Waals surface area contributed by atoms with Gasteiger partial charge < -0.3 is 4.74 Å². The molecule has 0 saturated carbocycles. The minimum absolute atomic E-state index is 0.180. The molecular formula is C27H33BrN4O4S2. The van der Waals surface area contributed by atoms with E-state index in [4.69, 9.17) is 9.72 Å². The first-order chi connectivity index (χ1) is 18.3. The Bertz CT molecular complexity index is 1370. The third-order valence-corrected chi connectivity index (χ3v) is 10.7. The van der Waals surface area contributed by atoms with Crippen molar-refractivity contribution in [3.05, 3.63) is 52.5 Å². The Morgan fingerprint density at radius 2 is 1.82 bits per heavy atom. The molecule has 204 valence electrons. The van der Waals surface area contributed by atoms with E-state index in [-0.39, 0.29) is 10.8 Å². The third kappa shape index (κ3) is 6.29. The molecule has 2 aromatic carbocycles. The number of carbonyl (C=O) groups is 1. The van der Waals surface area contributed by atoms with E-state index in [2.05, 4.69) is 27.8 Å². The van der Waals surface area contributed by atoms with E-state index in [9.17, 15) is 13.2 Å². The third-order valence-electron chi connectivity index (χ3n) is 7.26. The number of nitrogens with zero attached hydrogens (tertiary/aromatic N) is 4. The lowest BCUT2D eigenvalue weighted by molar-refractivity contribution is 0.0376. The van der Waals surface area contributed by atoms with Gasteiger partial charge in [0.05, 0.1) is 28.3 Å². The fraction of sp³-hybridized carbons (Fsp3) is 0.481. The van der Waals surface area contributed by atoms with Gasteiger partial charge in [-0.3, -0.25) is 14.6 Å². The van der Waals surface area contributed by atoms with Gasteiger partial charge in [0, 0.05) is 49.3 Å². The van der Waals surface area contributed by atoms with Crippen LogP contribution in [0.1, 0.15) is 36.5 Å². The number of sulfonamides is 1. The van der Waals surface area contributed by atoms with Gasteiger partial charge in [0.25, 0.3) is 5.91 Å². The first-order valence-electron chi connectivity index (χ1n) is 13.1. The first kappa shape index (κ1) is 27.7. The summed E-state index contributed by atoms with van der Waals surface area (Å²) in [6.07, 6.45) is 2.53. The molecule has 0 unspecified atom stereocenters. The Kier molecular flexibility index (Phi) is 8.81. The smallest absolute Gasteiger partial charge is 0.260 e. The van der Waals surface area contributed by atoms with Crippen molar-refractivity contribution in [1.82, 2.24) is 14.2 Å². The molecule has 3 heterocycles. The SMILES string of the molecule is CC1CCN(S(=O)(=O)c2ccc(C(=O)N(CCCN3CCOCC3)c3nc4ccc(Br)cc4s3)cc2)CC1. The van der Waals surface area contributed by atoms with E-state index in [1.807, 2.05) is 18.2 Å².